The maximum absolute atomic E-state index is 12.7. The molecule has 1 aromatic heterocycles. The summed E-state index contributed by atoms with van der Waals surface area (Å²) in [5, 5.41) is 3.30. The van der Waals surface area contributed by atoms with Gasteiger partial charge in [-0.2, -0.15) is 4.31 Å². The van der Waals surface area contributed by atoms with Gasteiger partial charge in [0.15, 0.2) is 0 Å². The number of rotatable bonds is 5. The molecule has 1 fully saturated rings. The minimum atomic E-state index is -3.45. The molecule has 8 heteroatoms. The lowest BCUT2D eigenvalue weighted by Gasteiger charge is -2.30. The molecule has 1 atom stereocenters. The van der Waals surface area contributed by atoms with E-state index in [2.05, 4.69) is 35.1 Å². The fourth-order valence-corrected chi connectivity index (χ4v) is 6.19. The molecular formula is C13H21BrN2O3S2. The van der Waals surface area contributed by atoms with Gasteiger partial charge in [-0.25, -0.2) is 8.42 Å². The lowest BCUT2D eigenvalue weighted by Crippen LogP contribution is -2.44. The zero-order valence-corrected chi connectivity index (χ0v) is 15.6. The monoisotopic (exact) mass is 396 g/mol. The van der Waals surface area contributed by atoms with E-state index in [0.717, 1.165) is 4.88 Å². The minimum absolute atomic E-state index is 0.0620. The fourth-order valence-electron chi connectivity index (χ4n) is 2.11. The molecule has 5 nitrogen and oxygen atoms in total. The van der Waals surface area contributed by atoms with E-state index in [1.807, 2.05) is 6.92 Å². The van der Waals surface area contributed by atoms with E-state index in [1.165, 1.54) is 15.6 Å². The number of nitrogens with one attached hydrogen (secondary N) is 1. The van der Waals surface area contributed by atoms with Crippen molar-refractivity contribution in [2.75, 3.05) is 19.7 Å². The first-order chi connectivity index (χ1) is 9.80. The lowest BCUT2D eigenvalue weighted by molar-refractivity contribution is 0.0102. The number of hydrogen-bond acceptors (Lipinski definition) is 5. The molecule has 1 aliphatic heterocycles. The van der Waals surface area contributed by atoms with Crippen LogP contribution in [0, 0.1) is 0 Å². The third-order valence-electron chi connectivity index (χ3n) is 3.21. The van der Waals surface area contributed by atoms with Crippen molar-refractivity contribution in [1.82, 2.24) is 9.62 Å². The second-order valence-electron chi connectivity index (χ2n) is 5.43. The molecule has 1 N–H and O–H groups in total. The van der Waals surface area contributed by atoms with Crippen molar-refractivity contribution in [1.29, 1.82) is 0 Å². The van der Waals surface area contributed by atoms with E-state index in [4.69, 9.17) is 4.74 Å². The number of sulfonamides is 1. The van der Waals surface area contributed by atoms with Crippen molar-refractivity contribution in [2.45, 2.75) is 44.4 Å². The summed E-state index contributed by atoms with van der Waals surface area (Å²) in [4.78, 5) is 1.37. The SMILES string of the molecule is CC(C)NCc1cc(S(=O)(=O)N2CCOC(C)C2)c(Br)s1. The third kappa shape index (κ3) is 4.27. The number of thiophene rings is 1. The predicted octanol–water partition coefficient (Wildman–Crippen LogP) is 2.42. The largest absolute Gasteiger partial charge is 0.376 e. The van der Waals surface area contributed by atoms with Gasteiger partial charge in [0.1, 0.15) is 4.90 Å². The first kappa shape index (κ1) is 17.4. The average molecular weight is 397 g/mol. The topological polar surface area (TPSA) is 58.6 Å². The average Bonchev–Trinajstić information content (AvgIpc) is 2.78. The van der Waals surface area contributed by atoms with E-state index in [0.29, 0.717) is 41.0 Å². The molecule has 0 radical (unpaired) electrons. The second-order valence-corrected chi connectivity index (χ2v) is 9.79. The molecule has 2 heterocycles. The molecule has 0 aliphatic carbocycles. The summed E-state index contributed by atoms with van der Waals surface area (Å²) in [5.41, 5.74) is 0. The summed E-state index contributed by atoms with van der Waals surface area (Å²) in [7, 11) is -3.45. The van der Waals surface area contributed by atoms with Crippen molar-refractivity contribution in [3.8, 4) is 0 Å². The summed E-state index contributed by atoms with van der Waals surface area (Å²) in [6.45, 7) is 7.96. The van der Waals surface area contributed by atoms with Crippen molar-refractivity contribution in [3.63, 3.8) is 0 Å². The maximum Gasteiger partial charge on any atom is 0.245 e. The van der Waals surface area contributed by atoms with E-state index in [-0.39, 0.29) is 6.10 Å². The van der Waals surface area contributed by atoms with Gasteiger partial charge in [0.25, 0.3) is 0 Å². The number of morpholine rings is 1. The van der Waals surface area contributed by atoms with Crippen LogP contribution in [0.2, 0.25) is 0 Å². The Morgan fingerprint density at radius 2 is 2.29 bits per heavy atom. The summed E-state index contributed by atoms with van der Waals surface area (Å²) >= 11 is 4.86. The van der Waals surface area contributed by atoms with E-state index in [1.54, 1.807) is 6.07 Å². The van der Waals surface area contributed by atoms with Gasteiger partial charge >= 0.3 is 0 Å². The van der Waals surface area contributed by atoms with Crippen molar-refractivity contribution in [3.05, 3.63) is 14.7 Å². The van der Waals surface area contributed by atoms with Crippen molar-refractivity contribution >= 4 is 37.3 Å². The molecule has 1 saturated heterocycles. The van der Waals surface area contributed by atoms with E-state index < -0.39 is 10.0 Å². The van der Waals surface area contributed by atoms with Crippen molar-refractivity contribution < 1.29 is 13.2 Å². The molecule has 1 unspecified atom stereocenters. The molecular weight excluding hydrogens is 376 g/mol. The number of halogens is 1. The summed E-state index contributed by atoms with van der Waals surface area (Å²) in [6.07, 6.45) is -0.0620. The Morgan fingerprint density at radius 1 is 1.57 bits per heavy atom. The molecule has 0 saturated carbocycles. The van der Waals surface area contributed by atoms with Gasteiger partial charge in [-0.1, -0.05) is 13.8 Å². The molecule has 0 bridgehead atoms. The maximum atomic E-state index is 12.7. The fraction of sp³-hybridized carbons (Fsp3) is 0.692. The van der Waals surface area contributed by atoms with E-state index >= 15 is 0 Å². The molecule has 0 spiro atoms. The van der Waals surface area contributed by atoms with Crippen LogP contribution in [0.4, 0.5) is 0 Å². The Morgan fingerprint density at radius 3 is 2.90 bits per heavy atom. The van der Waals surface area contributed by atoms with Gasteiger partial charge in [-0.15, -0.1) is 11.3 Å². The standard InChI is InChI=1S/C13H21BrN2O3S2/c1-9(2)15-7-11-6-12(13(14)20-11)21(17,18)16-4-5-19-10(3)8-16/h6,9-10,15H,4-5,7-8H2,1-3H3. The molecule has 21 heavy (non-hydrogen) atoms. The minimum Gasteiger partial charge on any atom is -0.376 e. The lowest BCUT2D eigenvalue weighted by atomic mass is 10.3. The highest BCUT2D eigenvalue weighted by molar-refractivity contribution is 9.11. The number of nitrogens with zero attached hydrogens (tertiary/aromatic N) is 1. The Bertz CT molecular complexity index is 586. The quantitative estimate of drug-likeness (QED) is 0.829. The molecule has 0 aromatic carbocycles. The zero-order valence-electron chi connectivity index (χ0n) is 12.4. The van der Waals surface area contributed by atoms with Crippen LogP contribution in [0.25, 0.3) is 0 Å². The summed E-state index contributed by atoms with van der Waals surface area (Å²) in [5.74, 6) is 0. The second kappa shape index (κ2) is 7.06. The van der Waals surface area contributed by atoms with E-state index in [9.17, 15) is 8.42 Å². The van der Waals surface area contributed by atoms with Crippen LogP contribution >= 0.6 is 27.3 Å². The highest BCUT2D eigenvalue weighted by Gasteiger charge is 2.31. The first-order valence-corrected chi connectivity index (χ1v) is 9.99. The molecule has 120 valence electrons. The Balaban J connectivity index is 2.19. The number of ether oxygens (including phenoxy) is 1. The van der Waals surface area contributed by atoms with Crippen molar-refractivity contribution in [2.24, 2.45) is 0 Å². The number of hydrogen-bond donors (Lipinski definition) is 1. The van der Waals surface area contributed by atoms with Gasteiger partial charge in [-0.05, 0) is 28.9 Å². The summed E-state index contributed by atoms with van der Waals surface area (Å²) < 4.78 is 33.1. The van der Waals surface area contributed by atoms with Crippen LogP contribution in [-0.2, 0) is 21.3 Å². The summed E-state index contributed by atoms with van der Waals surface area (Å²) in [6, 6.07) is 2.13. The molecule has 0 amide bonds. The first-order valence-electron chi connectivity index (χ1n) is 6.94. The predicted molar refractivity (Wildman–Crippen MR) is 88.2 cm³/mol. The van der Waals surface area contributed by atoms with Crippen LogP contribution in [0.15, 0.2) is 14.7 Å². The van der Waals surface area contributed by atoms with Crippen LogP contribution in [0.1, 0.15) is 25.6 Å². The van der Waals surface area contributed by atoms with Gasteiger partial charge in [0.05, 0.1) is 16.5 Å². The third-order valence-corrected chi connectivity index (χ3v) is 7.33. The van der Waals surface area contributed by atoms with Crippen LogP contribution in [0.5, 0.6) is 0 Å². The highest BCUT2D eigenvalue weighted by atomic mass is 79.9. The van der Waals surface area contributed by atoms with Crippen LogP contribution in [0.3, 0.4) is 0 Å². The Labute approximate surface area is 138 Å². The normalized spacial score (nSPS) is 21.1. The van der Waals surface area contributed by atoms with Crippen LogP contribution in [-0.4, -0.2) is 44.6 Å². The van der Waals surface area contributed by atoms with Gasteiger partial charge in [0.2, 0.25) is 10.0 Å². The van der Waals surface area contributed by atoms with Gasteiger partial charge in [0, 0.05) is 30.6 Å². The molecule has 2 rings (SSSR count). The Hall–Kier alpha value is 0.01000. The van der Waals surface area contributed by atoms with Gasteiger partial charge < -0.3 is 10.1 Å². The zero-order chi connectivity index (χ0) is 15.6. The highest BCUT2D eigenvalue weighted by Crippen LogP contribution is 2.34. The van der Waals surface area contributed by atoms with Gasteiger partial charge in [-0.3, -0.25) is 0 Å². The van der Waals surface area contributed by atoms with Crippen LogP contribution < -0.4 is 5.32 Å². The molecule has 1 aliphatic rings. The molecule has 1 aromatic rings. The Kier molecular flexibility index (Phi) is 5.84. The smallest absolute Gasteiger partial charge is 0.245 e.